The summed E-state index contributed by atoms with van der Waals surface area (Å²) in [5, 5.41) is 81.0. The zero-order valence-corrected chi connectivity index (χ0v) is 18.3. The molecule has 1 aliphatic carbocycles. The van der Waals surface area contributed by atoms with Crippen molar-refractivity contribution in [1.82, 2.24) is 0 Å². The van der Waals surface area contributed by atoms with Gasteiger partial charge in [0.15, 0.2) is 6.29 Å². The maximum atomic E-state index is 12.6. The zero-order valence-electron chi connectivity index (χ0n) is 18.3. The largest absolute Gasteiger partial charge is 0.508 e. The van der Waals surface area contributed by atoms with E-state index in [4.69, 9.17) is 18.9 Å². The lowest BCUT2D eigenvalue weighted by atomic mass is 9.83. The summed E-state index contributed by atoms with van der Waals surface area (Å²) in [6, 6.07) is 5.15. The number of carbonyl (C=O) groups excluding carboxylic acids is 1. The van der Waals surface area contributed by atoms with Crippen molar-refractivity contribution >= 4 is 5.97 Å². The molecule has 0 aromatic heterocycles. The molecule has 0 bridgehead atoms. The van der Waals surface area contributed by atoms with Gasteiger partial charge in [-0.15, -0.1) is 0 Å². The molecule has 0 amide bonds. The molecular weight excluding hydrogens is 472 g/mol. The molecular formula is C22H28O13. The summed E-state index contributed by atoms with van der Waals surface area (Å²) >= 11 is 0. The van der Waals surface area contributed by atoms with Crippen LogP contribution in [0.5, 0.6) is 5.75 Å². The lowest BCUT2D eigenvalue weighted by molar-refractivity contribution is -0.348. The molecule has 0 spiro atoms. The van der Waals surface area contributed by atoms with E-state index in [9.17, 15) is 45.6 Å². The van der Waals surface area contributed by atoms with Gasteiger partial charge in [0.1, 0.15) is 48.0 Å². The third-order valence-electron chi connectivity index (χ3n) is 6.72. The molecule has 2 aliphatic heterocycles. The van der Waals surface area contributed by atoms with E-state index >= 15 is 0 Å². The summed E-state index contributed by atoms with van der Waals surface area (Å²) in [5.41, 5.74) is -2.22. The van der Waals surface area contributed by atoms with Gasteiger partial charge in [-0.1, -0.05) is 0 Å². The number of carbonyl (C=O) groups is 1. The Balaban J connectivity index is 1.57. The second-order valence-electron chi connectivity index (χ2n) is 8.78. The van der Waals surface area contributed by atoms with Gasteiger partial charge in [0, 0.05) is 5.92 Å². The van der Waals surface area contributed by atoms with Crippen molar-refractivity contribution in [2.24, 2.45) is 11.8 Å². The van der Waals surface area contributed by atoms with Crippen LogP contribution in [0.3, 0.4) is 0 Å². The van der Waals surface area contributed by atoms with Crippen molar-refractivity contribution in [2.75, 3.05) is 13.2 Å². The maximum Gasteiger partial charge on any atom is 0.338 e. The fourth-order valence-electron chi connectivity index (χ4n) is 4.73. The predicted octanol–water partition coefficient (Wildman–Crippen LogP) is -3.07. The first-order valence-corrected chi connectivity index (χ1v) is 10.9. The van der Waals surface area contributed by atoms with Crippen LogP contribution in [0.25, 0.3) is 0 Å². The summed E-state index contributed by atoms with van der Waals surface area (Å²) in [6.07, 6.45) is -10.0. The highest BCUT2D eigenvalue weighted by atomic mass is 16.8. The molecule has 1 saturated carbocycles. The van der Waals surface area contributed by atoms with E-state index in [2.05, 4.69) is 0 Å². The van der Waals surface area contributed by atoms with Crippen LogP contribution in [0.4, 0.5) is 0 Å². The van der Waals surface area contributed by atoms with Crippen LogP contribution < -0.4 is 0 Å². The summed E-state index contributed by atoms with van der Waals surface area (Å²) in [6.45, 7) is -1.68. The molecule has 1 aromatic rings. The summed E-state index contributed by atoms with van der Waals surface area (Å²) in [7, 11) is 0. The average molecular weight is 500 g/mol. The number of aromatic hydroxyl groups is 1. The fraction of sp³-hybridized carbons (Fsp3) is 0.591. The van der Waals surface area contributed by atoms with Crippen LogP contribution in [0.1, 0.15) is 10.4 Å². The van der Waals surface area contributed by atoms with Crippen molar-refractivity contribution < 1.29 is 64.6 Å². The highest BCUT2D eigenvalue weighted by Gasteiger charge is 2.65. The molecule has 35 heavy (non-hydrogen) atoms. The van der Waals surface area contributed by atoms with Crippen molar-refractivity contribution in [3.05, 3.63) is 42.2 Å². The van der Waals surface area contributed by atoms with E-state index in [1.165, 1.54) is 30.3 Å². The predicted molar refractivity (Wildman–Crippen MR) is 111 cm³/mol. The Hall–Kier alpha value is -2.33. The molecule has 1 saturated heterocycles. The quantitative estimate of drug-likeness (QED) is 0.182. The second-order valence-corrected chi connectivity index (χ2v) is 8.78. The number of aliphatic hydroxyl groups is 7. The summed E-state index contributed by atoms with van der Waals surface area (Å²) in [4.78, 5) is 12.6. The van der Waals surface area contributed by atoms with Crippen molar-refractivity contribution in [3.63, 3.8) is 0 Å². The maximum absolute atomic E-state index is 12.6. The average Bonchev–Trinajstić information content (AvgIpc) is 3.07. The molecule has 3 aliphatic rings. The lowest BCUT2D eigenvalue weighted by Gasteiger charge is -2.43. The summed E-state index contributed by atoms with van der Waals surface area (Å²) < 4.78 is 21.8. The first kappa shape index (κ1) is 25.8. The number of hydrogen-bond acceptors (Lipinski definition) is 13. The minimum absolute atomic E-state index is 0.0659. The number of ether oxygens (including phenoxy) is 4. The van der Waals surface area contributed by atoms with E-state index in [-0.39, 0.29) is 11.3 Å². The molecule has 8 N–H and O–H groups in total. The van der Waals surface area contributed by atoms with E-state index < -0.39 is 85.8 Å². The normalized spacial score (nSPS) is 42.8. The third kappa shape index (κ3) is 4.50. The van der Waals surface area contributed by atoms with Crippen LogP contribution >= 0.6 is 0 Å². The van der Waals surface area contributed by atoms with Crippen LogP contribution in [0.15, 0.2) is 36.6 Å². The van der Waals surface area contributed by atoms with Gasteiger partial charge in [-0.05, 0) is 30.3 Å². The van der Waals surface area contributed by atoms with Gasteiger partial charge in [0.2, 0.25) is 6.29 Å². The topological polar surface area (TPSA) is 216 Å². The zero-order chi connectivity index (χ0) is 25.5. The number of benzene rings is 1. The lowest BCUT2D eigenvalue weighted by Crippen LogP contribution is -2.61. The number of fused-ring (bicyclic) bond motifs is 1. The molecule has 2 fully saturated rings. The van der Waals surface area contributed by atoms with Crippen molar-refractivity contribution in [3.8, 4) is 5.75 Å². The second kappa shape index (κ2) is 9.97. The Bertz CT molecular complexity index is 920. The number of rotatable bonds is 6. The molecule has 0 unspecified atom stereocenters. The number of hydrogen-bond donors (Lipinski definition) is 8. The Morgan fingerprint density at radius 1 is 1.00 bits per heavy atom. The summed E-state index contributed by atoms with van der Waals surface area (Å²) in [5.74, 6) is -3.09. The number of phenolic OH excluding ortho intramolecular Hbond substituents is 1. The smallest absolute Gasteiger partial charge is 0.338 e. The fourth-order valence-corrected chi connectivity index (χ4v) is 4.73. The molecule has 1 aromatic carbocycles. The minimum Gasteiger partial charge on any atom is -0.508 e. The number of esters is 1. The number of aliphatic hydroxyl groups excluding tert-OH is 6. The molecule has 0 radical (unpaired) electrons. The standard InChI is InChI=1S/C22H28O13/c23-7-12-14(26)15(27)16(28)21(33-12)35-20-13-11(5-6-32-20)17(18(29)22(13,31)8-24)34-19(30)9-1-3-10(25)4-2-9/h1-6,11-18,20-21,23-29,31H,7-8H2/t11-,12+,13-,14-,15-,16-,17+,18-,20-,21+,22-/m1/s1. The molecule has 13 nitrogen and oxygen atoms in total. The monoisotopic (exact) mass is 500 g/mol. The highest BCUT2D eigenvalue weighted by molar-refractivity contribution is 5.89. The minimum atomic E-state index is -2.28. The number of phenols is 1. The highest BCUT2D eigenvalue weighted by Crippen LogP contribution is 2.48. The Labute approximate surface area is 199 Å². The van der Waals surface area contributed by atoms with Crippen LogP contribution in [-0.2, 0) is 18.9 Å². The Morgan fingerprint density at radius 2 is 1.69 bits per heavy atom. The van der Waals surface area contributed by atoms with Gasteiger partial charge < -0.3 is 59.8 Å². The van der Waals surface area contributed by atoms with Gasteiger partial charge in [-0.25, -0.2) is 4.79 Å². The SMILES string of the molecule is O=C(O[C@H]1[C@@H]2C=CO[C@H](O[C@@H]3O[C@@H](CO)[C@@H](O)[C@@H](O)[C@H]3O)[C@@H]2[C@](O)(CO)[C@@H]1O)c1ccc(O)cc1. The van der Waals surface area contributed by atoms with E-state index in [0.29, 0.717) is 0 Å². The first-order valence-electron chi connectivity index (χ1n) is 10.9. The van der Waals surface area contributed by atoms with E-state index in [0.717, 1.165) is 6.26 Å². The van der Waals surface area contributed by atoms with Crippen LogP contribution in [0.2, 0.25) is 0 Å². The van der Waals surface area contributed by atoms with Gasteiger partial charge in [-0.2, -0.15) is 0 Å². The van der Waals surface area contributed by atoms with Gasteiger partial charge in [0.25, 0.3) is 0 Å². The van der Waals surface area contributed by atoms with Crippen LogP contribution in [0, 0.1) is 11.8 Å². The van der Waals surface area contributed by atoms with E-state index in [1.54, 1.807) is 0 Å². The molecule has 2 heterocycles. The van der Waals surface area contributed by atoms with Gasteiger partial charge >= 0.3 is 5.97 Å². The molecule has 4 rings (SSSR count). The third-order valence-corrected chi connectivity index (χ3v) is 6.72. The Morgan fingerprint density at radius 3 is 2.31 bits per heavy atom. The molecule has 13 heteroatoms. The van der Waals surface area contributed by atoms with Crippen LogP contribution in [-0.4, -0.2) is 115 Å². The Kier molecular flexibility index (Phi) is 7.33. The molecule has 11 atom stereocenters. The van der Waals surface area contributed by atoms with Crippen molar-refractivity contribution in [1.29, 1.82) is 0 Å². The molecule has 194 valence electrons. The van der Waals surface area contributed by atoms with Gasteiger partial charge in [0.05, 0.1) is 31.0 Å². The van der Waals surface area contributed by atoms with Crippen molar-refractivity contribution in [2.45, 2.75) is 54.8 Å². The van der Waals surface area contributed by atoms with E-state index in [1.807, 2.05) is 0 Å². The van der Waals surface area contributed by atoms with Gasteiger partial charge in [-0.3, -0.25) is 0 Å². The first-order chi connectivity index (χ1) is 16.6.